The average molecular weight is 378 g/mol. The van der Waals surface area contributed by atoms with Gasteiger partial charge in [0.05, 0.1) is 5.69 Å². The predicted octanol–water partition coefficient (Wildman–Crippen LogP) is 5.93. The van der Waals surface area contributed by atoms with Crippen molar-refractivity contribution in [3.63, 3.8) is 0 Å². The van der Waals surface area contributed by atoms with Gasteiger partial charge in [0.25, 0.3) is 0 Å². The molecule has 1 aliphatic carbocycles. The van der Waals surface area contributed by atoms with E-state index >= 15 is 0 Å². The third-order valence-corrected chi connectivity index (χ3v) is 5.80. The molecule has 1 aliphatic rings. The molecular weight excluding hydrogens is 354 g/mol. The Morgan fingerprint density at radius 2 is 1.67 bits per heavy atom. The van der Waals surface area contributed by atoms with Crippen molar-refractivity contribution in [2.45, 2.75) is 38.1 Å². The van der Waals surface area contributed by atoms with E-state index in [0.29, 0.717) is 6.04 Å². The molecule has 0 radical (unpaired) electrons. The molecule has 1 heterocycles. The van der Waals surface area contributed by atoms with Crippen LogP contribution < -0.4 is 10.6 Å². The average Bonchev–Trinajstić information content (AvgIpc) is 3.20. The summed E-state index contributed by atoms with van der Waals surface area (Å²) in [6.07, 6.45) is 5.86. The SMILES string of the molecule is O=C(Nc1ccc(-c2csc(-c3ccccc3)n2)cc1)NC1CCCCC1. The van der Waals surface area contributed by atoms with E-state index < -0.39 is 0 Å². The molecule has 0 saturated heterocycles. The van der Waals surface area contributed by atoms with Gasteiger partial charge in [-0.2, -0.15) is 0 Å². The molecule has 0 atom stereocenters. The van der Waals surface area contributed by atoms with Crippen LogP contribution in [0.25, 0.3) is 21.8 Å². The highest BCUT2D eigenvalue weighted by molar-refractivity contribution is 7.13. The minimum absolute atomic E-state index is 0.116. The molecule has 0 bridgehead atoms. The summed E-state index contributed by atoms with van der Waals surface area (Å²) in [6, 6.07) is 18.2. The van der Waals surface area contributed by atoms with Crippen LogP contribution in [0.5, 0.6) is 0 Å². The van der Waals surface area contributed by atoms with Gasteiger partial charge in [0.15, 0.2) is 0 Å². The number of aromatic nitrogens is 1. The number of hydrogen-bond donors (Lipinski definition) is 2. The van der Waals surface area contributed by atoms with Crippen molar-refractivity contribution in [3.05, 3.63) is 60.0 Å². The highest BCUT2D eigenvalue weighted by Gasteiger charge is 2.15. The largest absolute Gasteiger partial charge is 0.335 e. The van der Waals surface area contributed by atoms with Gasteiger partial charge < -0.3 is 10.6 Å². The van der Waals surface area contributed by atoms with Gasteiger partial charge >= 0.3 is 6.03 Å². The topological polar surface area (TPSA) is 54.0 Å². The zero-order chi connectivity index (χ0) is 18.5. The van der Waals surface area contributed by atoms with Gasteiger partial charge in [0.2, 0.25) is 0 Å². The second-order valence-electron chi connectivity index (χ2n) is 6.91. The van der Waals surface area contributed by atoms with Crippen molar-refractivity contribution in [2.75, 3.05) is 5.32 Å². The second-order valence-corrected chi connectivity index (χ2v) is 7.77. The normalized spacial score (nSPS) is 14.7. The van der Waals surface area contributed by atoms with Crippen LogP contribution in [-0.2, 0) is 0 Å². The first-order chi connectivity index (χ1) is 13.3. The fraction of sp³-hybridized carbons (Fsp3) is 0.273. The molecule has 4 rings (SSSR count). The molecule has 138 valence electrons. The second kappa shape index (κ2) is 8.35. The van der Waals surface area contributed by atoms with Gasteiger partial charge in [-0.3, -0.25) is 0 Å². The maximum absolute atomic E-state index is 12.2. The Kier molecular flexibility index (Phi) is 5.49. The van der Waals surface area contributed by atoms with E-state index in [4.69, 9.17) is 4.98 Å². The predicted molar refractivity (Wildman–Crippen MR) is 112 cm³/mol. The first kappa shape index (κ1) is 17.7. The van der Waals surface area contributed by atoms with E-state index in [-0.39, 0.29) is 6.03 Å². The van der Waals surface area contributed by atoms with Gasteiger partial charge in [-0.05, 0) is 25.0 Å². The maximum Gasteiger partial charge on any atom is 0.319 e. The summed E-state index contributed by atoms with van der Waals surface area (Å²) in [5.41, 5.74) is 3.93. The summed E-state index contributed by atoms with van der Waals surface area (Å²) in [7, 11) is 0. The highest BCUT2D eigenvalue weighted by Crippen LogP contribution is 2.29. The van der Waals surface area contributed by atoms with E-state index in [1.807, 2.05) is 42.5 Å². The summed E-state index contributed by atoms with van der Waals surface area (Å²) in [5.74, 6) is 0. The van der Waals surface area contributed by atoms with Gasteiger partial charge in [-0.1, -0.05) is 61.7 Å². The van der Waals surface area contributed by atoms with Crippen LogP contribution in [0.1, 0.15) is 32.1 Å². The number of thiazole rings is 1. The molecule has 2 amide bonds. The van der Waals surface area contributed by atoms with Gasteiger partial charge in [-0.15, -0.1) is 11.3 Å². The fourth-order valence-electron chi connectivity index (χ4n) is 3.44. The Morgan fingerprint density at radius 3 is 2.41 bits per heavy atom. The summed E-state index contributed by atoms with van der Waals surface area (Å²) >= 11 is 1.64. The van der Waals surface area contributed by atoms with Crippen LogP contribution in [0.4, 0.5) is 10.5 Å². The number of nitrogens with zero attached hydrogens (tertiary/aromatic N) is 1. The standard InChI is InChI=1S/C22H23N3OS/c26-22(23-18-9-5-2-6-10-18)24-19-13-11-16(12-14-19)20-15-27-21(25-20)17-7-3-1-4-8-17/h1,3-4,7-8,11-15,18H,2,5-6,9-10H2,(H2,23,24,26). The Morgan fingerprint density at radius 1 is 0.926 bits per heavy atom. The first-order valence-corrected chi connectivity index (χ1v) is 10.3. The third kappa shape index (κ3) is 4.55. The van der Waals surface area contributed by atoms with Crippen LogP contribution in [0.3, 0.4) is 0 Å². The smallest absolute Gasteiger partial charge is 0.319 e. The van der Waals surface area contributed by atoms with E-state index in [9.17, 15) is 4.79 Å². The maximum atomic E-state index is 12.2. The molecule has 4 nitrogen and oxygen atoms in total. The van der Waals surface area contributed by atoms with Crippen LogP contribution in [0.2, 0.25) is 0 Å². The highest BCUT2D eigenvalue weighted by atomic mass is 32.1. The van der Waals surface area contributed by atoms with E-state index in [2.05, 4.69) is 28.1 Å². The number of urea groups is 1. The Labute approximate surface area is 163 Å². The summed E-state index contributed by atoms with van der Waals surface area (Å²) < 4.78 is 0. The van der Waals surface area contributed by atoms with Crippen molar-refractivity contribution < 1.29 is 4.79 Å². The lowest BCUT2D eigenvalue weighted by atomic mass is 9.96. The number of carbonyl (C=O) groups is 1. The number of carbonyl (C=O) groups excluding carboxylic acids is 1. The molecule has 0 spiro atoms. The van der Waals surface area contributed by atoms with Gasteiger partial charge in [-0.25, -0.2) is 9.78 Å². The van der Waals surface area contributed by atoms with Crippen molar-refractivity contribution in [2.24, 2.45) is 0 Å². The van der Waals surface area contributed by atoms with Crippen LogP contribution in [0, 0.1) is 0 Å². The molecule has 1 aromatic heterocycles. The number of anilines is 1. The number of rotatable bonds is 4. The lowest BCUT2D eigenvalue weighted by molar-refractivity contribution is 0.244. The molecule has 5 heteroatoms. The van der Waals surface area contributed by atoms with Gasteiger partial charge in [0.1, 0.15) is 5.01 Å². The molecule has 0 aliphatic heterocycles. The quantitative estimate of drug-likeness (QED) is 0.592. The minimum atomic E-state index is -0.116. The zero-order valence-corrected chi connectivity index (χ0v) is 16.0. The zero-order valence-electron chi connectivity index (χ0n) is 15.2. The molecule has 2 aromatic carbocycles. The Balaban J connectivity index is 1.39. The lowest BCUT2D eigenvalue weighted by Crippen LogP contribution is -2.38. The number of amides is 2. The molecule has 1 fully saturated rings. The van der Waals surface area contributed by atoms with Crippen LogP contribution in [0.15, 0.2) is 60.0 Å². The Bertz CT molecular complexity index is 883. The summed E-state index contributed by atoms with van der Waals surface area (Å²) in [5, 5.41) is 9.09. The summed E-state index contributed by atoms with van der Waals surface area (Å²) in [4.78, 5) is 16.9. The fourth-order valence-corrected chi connectivity index (χ4v) is 4.28. The monoisotopic (exact) mass is 377 g/mol. The Hall–Kier alpha value is -2.66. The van der Waals surface area contributed by atoms with Crippen molar-refractivity contribution >= 4 is 23.1 Å². The number of hydrogen-bond acceptors (Lipinski definition) is 3. The van der Waals surface area contributed by atoms with E-state index in [1.54, 1.807) is 11.3 Å². The molecule has 3 aromatic rings. The molecule has 1 saturated carbocycles. The van der Waals surface area contributed by atoms with Crippen LogP contribution in [-0.4, -0.2) is 17.1 Å². The minimum Gasteiger partial charge on any atom is -0.335 e. The van der Waals surface area contributed by atoms with Crippen molar-refractivity contribution in [3.8, 4) is 21.8 Å². The van der Waals surface area contributed by atoms with Gasteiger partial charge in [0, 0.05) is 28.2 Å². The molecule has 2 N–H and O–H groups in total. The van der Waals surface area contributed by atoms with Crippen molar-refractivity contribution in [1.29, 1.82) is 0 Å². The first-order valence-electron chi connectivity index (χ1n) is 9.47. The number of nitrogens with one attached hydrogen (secondary N) is 2. The number of benzene rings is 2. The lowest BCUT2D eigenvalue weighted by Gasteiger charge is -2.22. The van der Waals surface area contributed by atoms with E-state index in [0.717, 1.165) is 40.4 Å². The van der Waals surface area contributed by atoms with E-state index in [1.165, 1.54) is 19.3 Å². The van der Waals surface area contributed by atoms with Crippen molar-refractivity contribution in [1.82, 2.24) is 10.3 Å². The third-order valence-electron chi connectivity index (χ3n) is 4.90. The molecule has 0 unspecified atom stereocenters. The molecule has 27 heavy (non-hydrogen) atoms. The summed E-state index contributed by atoms with van der Waals surface area (Å²) in [6.45, 7) is 0. The molecular formula is C22H23N3OS. The van der Waals surface area contributed by atoms with Crippen LogP contribution >= 0.6 is 11.3 Å².